The van der Waals surface area contributed by atoms with Crippen molar-refractivity contribution in [2.75, 3.05) is 0 Å². The van der Waals surface area contributed by atoms with Crippen LogP contribution in [-0.2, 0) is 13.7 Å². The normalized spacial score (nSPS) is 11.0. The number of aryl methyl sites for hydroxylation is 1. The summed E-state index contributed by atoms with van der Waals surface area (Å²) in [5, 5.41) is 10.9. The molecule has 0 atom stereocenters. The van der Waals surface area contributed by atoms with Gasteiger partial charge in [0.05, 0.1) is 6.61 Å². The average Bonchev–Trinajstić information content (AvgIpc) is 2.43. The number of aliphatic hydroxyl groups excluding tert-OH is 1. The summed E-state index contributed by atoms with van der Waals surface area (Å²) in [7, 11) is 1.94. The Labute approximate surface area is 81.4 Å². The predicted molar refractivity (Wildman–Crippen MR) is 53.9 cm³/mol. The third kappa shape index (κ3) is 1.32. The van der Waals surface area contributed by atoms with Crippen molar-refractivity contribution in [3.63, 3.8) is 0 Å². The van der Waals surface area contributed by atoms with Gasteiger partial charge in [-0.25, -0.2) is 0 Å². The van der Waals surface area contributed by atoms with Crippen molar-refractivity contribution in [3.05, 3.63) is 35.0 Å². The van der Waals surface area contributed by atoms with Gasteiger partial charge in [0, 0.05) is 34.7 Å². The minimum atomic E-state index is 0.0684. The molecule has 0 amide bonds. The molecule has 68 valence electrons. The minimum absolute atomic E-state index is 0.0684. The maximum atomic E-state index is 9.07. The SMILES string of the molecule is Cn1cc(CO)c2ccc(Cl)cc21. The first kappa shape index (κ1) is 8.60. The van der Waals surface area contributed by atoms with Crippen LogP contribution in [-0.4, -0.2) is 9.67 Å². The van der Waals surface area contributed by atoms with E-state index in [4.69, 9.17) is 16.7 Å². The van der Waals surface area contributed by atoms with Crippen LogP contribution in [0.4, 0.5) is 0 Å². The molecule has 0 unspecified atom stereocenters. The number of aromatic nitrogens is 1. The van der Waals surface area contributed by atoms with E-state index in [-0.39, 0.29) is 6.61 Å². The molecular weight excluding hydrogens is 186 g/mol. The molecule has 0 aliphatic carbocycles. The molecule has 1 heterocycles. The number of aliphatic hydroxyl groups is 1. The number of rotatable bonds is 1. The Morgan fingerprint density at radius 2 is 2.23 bits per heavy atom. The quantitative estimate of drug-likeness (QED) is 0.743. The highest BCUT2D eigenvalue weighted by Crippen LogP contribution is 2.23. The van der Waals surface area contributed by atoms with Crippen LogP contribution < -0.4 is 0 Å². The summed E-state index contributed by atoms with van der Waals surface area (Å²) in [5.74, 6) is 0. The molecule has 0 bridgehead atoms. The van der Waals surface area contributed by atoms with Crippen molar-refractivity contribution in [1.29, 1.82) is 0 Å². The molecule has 0 fully saturated rings. The molecular formula is C10H10ClNO. The van der Waals surface area contributed by atoms with E-state index >= 15 is 0 Å². The second kappa shape index (κ2) is 3.05. The number of fused-ring (bicyclic) bond motifs is 1. The van der Waals surface area contributed by atoms with Crippen LogP contribution in [0.1, 0.15) is 5.56 Å². The van der Waals surface area contributed by atoms with Crippen molar-refractivity contribution in [1.82, 2.24) is 4.57 Å². The van der Waals surface area contributed by atoms with Gasteiger partial charge in [0.1, 0.15) is 0 Å². The molecule has 1 N–H and O–H groups in total. The van der Waals surface area contributed by atoms with Crippen LogP contribution in [0.3, 0.4) is 0 Å². The van der Waals surface area contributed by atoms with Crippen molar-refractivity contribution in [3.8, 4) is 0 Å². The third-order valence-corrected chi connectivity index (χ3v) is 2.44. The van der Waals surface area contributed by atoms with E-state index in [9.17, 15) is 0 Å². The zero-order valence-electron chi connectivity index (χ0n) is 7.29. The van der Waals surface area contributed by atoms with Crippen LogP contribution in [0, 0.1) is 0 Å². The first-order chi connectivity index (χ1) is 6.22. The van der Waals surface area contributed by atoms with E-state index < -0.39 is 0 Å². The maximum absolute atomic E-state index is 9.07. The molecule has 3 heteroatoms. The standard InChI is InChI=1S/C10H10ClNO/c1-12-5-7(6-13)9-3-2-8(11)4-10(9)12/h2-5,13H,6H2,1H3. The molecule has 2 nitrogen and oxygen atoms in total. The van der Waals surface area contributed by atoms with Gasteiger partial charge in [-0.2, -0.15) is 0 Å². The molecule has 0 saturated carbocycles. The van der Waals surface area contributed by atoms with Gasteiger partial charge in [-0.1, -0.05) is 17.7 Å². The summed E-state index contributed by atoms with van der Waals surface area (Å²) in [5.41, 5.74) is 1.99. The fourth-order valence-electron chi connectivity index (χ4n) is 1.57. The zero-order chi connectivity index (χ0) is 9.42. The first-order valence-electron chi connectivity index (χ1n) is 4.06. The molecule has 0 aliphatic rings. The molecule has 1 aromatic carbocycles. The van der Waals surface area contributed by atoms with Gasteiger partial charge in [-0.3, -0.25) is 0 Å². The zero-order valence-corrected chi connectivity index (χ0v) is 8.04. The third-order valence-electron chi connectivity index (χ3n) is 2.21. The summed E-state index contributed by atoms with van der Waals surface area (Å²) in [6.07, 6.45) is 1.92. The second-order valence-corrected chi connectivity index (χ2v) is 3.52. The lowest BCUT2D eigenvalue weighted by atomic mass is 10.2. The lowest BCUT2D eigenvalue weighted by molar-refractivity contribution is 0.283. The summed E-state index contributed by atoms with van der Waals surface area (Å²) >= 11 is 5.87. The first-order valence-corrected chi connectivity index (χ1v) is 4.44. The highest BCUT2D eigenvalue weighted by atomic mass is 35.5. The Kier molecular flexibility index (Phi) is 2.02. The fraction of sp³-hybridized carbons (Fsp3) is 0.200. The summed E-state index contributed by atoms with van der Waals surface area (Å²) < 4.78 is 1.97. The van der Waals surface area contributed by atoms with Crippen molar-refractivity contribution < 1.29 is 5.11 Å². The van der Waals surface area contributed by atoms with Crippen molar-refractivity contribution in [2.24, 2.45) is 7.05 Å². The van der Waals surface area contributed by atoms with E-state index in [1.54, 1.807) is 0 Å². The van der Waals surface area contributed by atoms with Crippen LogP contribution in [0.2, 0.25) is 5.02 Å². The number of nitrogens with zero attached hydrogens (tertiary/aromatic N) is 1. The highest BCUT2D eigenvalue weighted by molar-refractivity contribution is 6.31. The molecule has 0 saturated heterocycles. The molecule has 0 radical (unpaired) electrons. The number of hydrogen-bond acceptors (Lipinski definition) is 1. The summed E-state index contributed by atoms with van der Waals surface area (Å²) in [4.78, 5) is 0. The lowest BCUT2D eigenvalue weighted by Crippen LogP contribution is -1.82. The van der Waals surface area contributed by atoms with Crippen LogP contribution >= 0.6 is 11.6 Å². The van der Waals surface area contributed by atoms with Gasteiger partial charge in [-0.05, 0) is 12.1 Å². The fourth-order valence-corrected chi connectivity index (χ4v) is 1.73. The minimum Gasteiger partial charge on any atom is -0.392 e. The van der Waals surface area contributed by atoms with Gasteiger partial charge >= 0.3 is 0 Å². The van der Waals surface area contributed by atoms with E-state index in [1.807, 2.05) is 36.0 Å². The number of benzene rings is 1. The lowest BCUT2D eigenvalue weighted by Gasteiger charge is -1.96. The topological polar surface area (TPSA) is 25.2 Å². The van der Waals surface area contributed by atoms with E-state index in [1.165, 1.54) is 0 Å². The molecule has 2 aromatic rings. The van der Waals surface area contributed by atoms with E-state index in [0.29, 0.717) is 0 Å². The average molecular weight is 196 g/mol. The van der Waals surface area contributed by atoms with Crippen LogP contribution in [0.25, 0.3) is 10.9 Å². The van der Waals surface area contributed by atoms with Gasteiger partial charge in [0.25, 0.3) is 0 Å². The Morgan fingerprint density at radius 1 is 1.46 bits per heavy atom. The van der Waals surface area contributed by atoms with Gasteiger partial charge in [-0.15, -0.1) is 0 Å². The van der Waals surface area contributed by atoms with Gasteiger partial charge in [0.2, 0.25) is 0 Å². The Balaban J connectivity index is 2.80. The molecule has 13 heavy (non-hydrogen) atoms. The highest BCUT2D eigenvalue weighted by Gasteiger charge is 2.04. The molecule has 0 aliphatic heterocycles. The molecule has 2 rings (SSSR count). The summed E-state index contributed by atoms with van der Waals surface area (Å²) in [6.45, 7) is 0.0684. The van der Waals surface area contributed by atoms with Crippen molar-refractivity contribution >= 4 is 22.5 Å². The Hall–Kier alpha value is -0.990. The molecule has 0 spiro atoms. The smallest absolute Gasteiger partial charge is 0.0702 e. The van der Waals surface area contributed by atoms with E-state index in [0.717, 1.165) is 21.5 Å². The van der Waals surface area contributed by atoms with Gasteiger partial charge in [0.15, 0.2) is 0 Å². The predicted octanol–water partition coefficient (Wildman–Crippen LogP) is 2.32. The van der Waals surface area contributed by atoms with Gasteiger partial charge < -0.3 is 9.67 Å². The second-order valence-electron chi connectivity index (χ2n) is 3.08. The summed E-state index contributed by atoms with van der Waals surface area (Å²) in [6, 6.07) is 5.67. The Bertz CT molecular complexity index is 447. The monoisotopic (exact) mass is 195 g/mol. The van der Waals surface area contributed by atoms with E-state index in [2.05, 4.69) is 0 Å². The van der Waals surface area contributed by atoms with Crippen molar-refractivity contribution in [2.45, 2.75) is 6.61 Å². The Morgan fingerprint density at radius 3 is 2.92 bits per heavy atom. The largest absolute Gasteiger partial charge is 0.392 e. The number of hydrogen-bond donors (Lipinski definition) is 1. The number of halogens is 1. The van der Waals surface area contributed by atoms with Crippen LogP contribution in [0.15, 0.2) is 24.4 Å². The molecule has 1 aromatic heterocycles. The van der Waals surface area contributed by atoms with Crippen LogP contribution in [0.5, 0.6) is 0 Å². The maximum Gasteiger partial charge on any atom is 0.0702 e.